The van der Waals surface area contributed by atoms with E-state index in [0.29, 0.717) is 5.56 Å². The first-order chi connectivity index (χ1) is 9.41. The van der Waals surface area contributed by atoms with Gasteiger partial charge in [0.25, 0.3) is 0 Å². The predicted octanol–water partition coefficient (Wildman–Crippen LogP) is 5.18. The molecule has 2 unspecified atom stereocenters. The minimum Gasteiger partial charge on any atom is -0.310 e. The summed E-state index contributed by atoms with van der Waals surface area (Å²) in [7, 11) is 0. The largest absolute Gasteiger partial charge is 0.416 e. The molecule has 2 atom stereocenters. The van der Waals surface area contributed by atoms with E-state index in [2.05, 4.69) is 12.2 Å². The van der Waals surface area contributed by atoms with Crippen LogP contribution in [0.2, 0.25) is 0 Å². The summed E-state index contributed by atoms with van der Waals surface area (Å²) in [5, 5.41) is 3.28. The molecule has 114 valence electrons. The van der Waals surface area contributed by atoms with E-state index in [4.69, 9.17) is 0 Å². The van der Waals surface area contributed by atoms with Crippen molar-refractivity contribution in [3.8, 4) is 0 Å². The van der Waals surface area contributed by atoms with Crippen LogP contribution in [0.5, 0.6) is 0 Å². The summed E-state index contributed by atoms with van der Waals surface area (Å²) in [6.45, 7) is 6.82. The Morgan fingerprint density at radius 2 is 1.75 bits per heavy atom. The van der Waals surface area contributed by atoms with Crippen molar-refractivity contribution in [3.63, 3.8) is 0 Å². The molecule has 0 aliphatic rings. The first kappa shape index (κ1) is 17.0. The van der Waals surface area contributed by atoms with Gasteiger partial charge in [0, 0.05) is 6.04 Å². The van der Waals surface area contributed by atoms with Crippen molar-refractivity contribution in [2.75, 3.05) is 6.54 Å². The minimum atomic E-state index is -4.30. The van der Waals surface area contributed by atoms with E-state index in [0.717, 1.165) is 25.8 Å². The average Bonchev–Trinajstić information content (AvgIpc) is 2.39. The molecule has 0 saturated heterocycles. The molecule has 0 saturated carbocycles. The normalized spacial score (nSPS) is 15.1. The van der Waals surface area contributed by atoms with Gasteiger partial charge in [-0.3, -0.25) is 0 Å². The van der Waals surface area contributed by atoms with E-state index in [1.165, 1.54) is 12.1 Å². The van der Waals surface area contributed by atoms with Gasteiger partial charge in [-0.05, 0) is 36.9 Å². The summed E-state index contributed by atoms with van der Waals surface area (Å²) < 4.78 is 39.5. The Labute approximate surface area is 119 Å². The molecule has 0 bridgehead atoms. The maximum atomic E-state index is 13.2. The van der Waals surface area contributed by atoms with Gasteiger partial charge in [-0.25, -0.2) is 0 Å². The van der Waals surface area contributed by atoms with Gasteiger partial charge in [-0.2, -0.15) is 13.2 Å². The highest BCUT2D eigenvalue weighted by atomic mass is 19.4. The molecule has 1 rings (SSSR count). The molecule has 0 amide bonds. The molecule has 0 fully saturated rings. The third kappa shape index (κ3) is 4.51. The van der Waals surface area contributed by atoms with Gasteiger partial charge >= 0.3 is 6.18 Å². The molecule has 0 aromatic heterocycles. The van der Waals surface area contributed by atoms with Crippen molar-refractivity contribution in [3.05, 3.63) is 35.4 Å². The van der Waals surface area contributed by atoms with Gasteiger partial charge in [0.1, 0.15) is 0 Å². The van der Waals surface area contributed by atoms with Crippen molar-refractivity contribution in [1.29, 1.82) is 0 Å². The lowest BCUT2D eigenvalue weighted by molar-refractivity contribution is -0.138. The van der Waals surface area contributed by atoms with Crippen LogP contribution in [0.3, 0.4) is 0 Å². The van der Waals surface area contributed by atoms with E-state index < -0.39 is 11.7 Å². The summed E-state index contributed by atoms with van der Waals surface area (Å²) in [4.78, 5) is 0. The van der Waals surface area contributed by atoms with Crippen LogP contribution >= 0.6 is 0 Å². The zero-order valence-electron chi connectivity index (χ0n) is 12.4. The lowest BCUT2D eigenvalue weighted by atomic mass is 9.88. The number of alkyl halides is 3. The minimum absolute atomic E-state index is 0.176. The van der Waals surface area contributed by atoms with Gasteiger partial charge in [0.2, 0.25) is 0 Å². The predicted molar refractivity (Wildman–Crippen MR) is 76.6 cm³/mol. The van der Waals surface area contributed by atoms with E-state index in [1.807, 2.05) is 13.8 Å². The van der Waals surface area contributed by atoms with Gasteiger partial charge in [0.15, 0.2) is 0 Å². The Kier molecular flexibility index (Phi) is 6.53. The smallest absolute Gasteiger partial charge is 0.310 e. The summed E-state index contributed by atoms with van der Waals surface area (Å²) in [6.07, 6.45) is -1.51. The molecular weight excluding hydrogens is 263 g/mol. The molecule has 1 aromatic carbocycles. The maximum Gasteiger partial charge on any atom is 0.416 e. The van der Waals surface area contributed by atoms with Crippen LogP contribution < -0.4 is 5.32 Å². The SMILES string of the molecule is CCCNC(c1ccccc1C(F)(F)F)C(C)CCC. The van der Waals surface area contributed by atoms with E-state index in [9.17, 15) is 13.2 Å². The van der Waals surface area contributed by atoms with Crippen LogP contribution in [0.1, 0.15) is 57.2 Å². The third-order valence-electron chi connectivity index (χ3n) is 3.53. The molecule has 20 heavy (non-hydrogen) atoms. The molecule has 0 heterocycles. The van der Waals surface area contributed by atoms with Crippen molar-refractivity contribution in [1.82, 2.24) is 5.32 Å². The van der Waals surface area contributed by atoms with Crippen molar-refractivity contribution >= 4 is 0 Å². The van der Waals surface area contributed by atoms with E-state index >= 15 is 0 Å². The van der Waals surface area contributed by atoms with Crippen LogP contribution in [-0.2, 0) is 6.18 Å². The fraction of sp³-hybridized carbons (Fsp3) is 0.625. The van der Waals surface area contributed by atoms with Gasteiger partial charge in [0.05, 0.1) is 5.56 Å². The Bertz CT molecular complexity index is 401. The van der Waals surface area contributed by atoms with E-state index in [1.54, 1.807) is 12.1 Å². The molecule has 0 spiro atoms. The lowest BCUT2D eigenvalue weighted by Gasteiger charge is -2.28. The Hall–Kier alpha value is -1.03. The summed E-state index contributed by atoms with van der Waals surface area (Å²) in [5.41, 5.74) is -0.147. The highest BCUT2D eigenvalue weighted by molar-refractivity contribution is 5.32. The number of nitrogens with one attached hydrogen (secondary N) is 1. The van der Waals surface area contributed by atoms with Crippen molar-refractivity contribution in [2.24, 2.45) is 5.92 Å². The Morgan fingerprint density at radius 1 is 1.10 bits per heavy atom. The highest BCUT2D eigenvalue weighted by Gasteiger charge is 2.35. The number of hydrogen-bond donors (Lipinski definition) is 1. The second kappa shape index (κ2) is 7.67. The van der Waals surface area contributed by atoms with E-state index in [-0.39, 0.29) is 12.0 Å². The van der Waals surface area contributed by atoms with Crippen molar-refractivity contribution in [2.45, 2.75) is 52.3 Å². The van der Waals surface area contributed by atoms with Crippen LogP contribution in [-0.4, -0.2) is 6.54 Å². The molecule has 1 aromatic rings. The highest BCUT2D eigenvalue weighted by Crippen LogP contribution is 2.37. The molecule has 1 nitrogen and oxygen atoms in total. The molecule has 0 aliphatic carbocycles. The van der Waals surface area contributed by atoms with Gasteiger partial charge < -0.3 is 5.32 Å². The average molecular weight is 287 g/mol. The standard InChI is InChI=1S/C16H24F3N/c1-4-8-12(3)15(20-11-5-2)13-9-6-7-10-14(13)16(17,18)19/h6-7,9-10,12,15,20H,4-5,8,11H2,1-3H3. The second-order valence-electron chi connectivity index (χ2n) is 5.28. The third-order valence-corrected chi connectivity index (χ3v) is 3.53. The quantitative estimate of drug-likeness (QED) is 0.728. The Morgan fingerprint density at radius 3 is 2.30 bits per heavy atom. The zero-order valence-corrected chi connectivity index (χ0v) is 12.4. The first-order valence-electron chi connectivity index (χ1n) is 7.31. The fourth-order valence-corrected chi connectivity index (χ4v) is 2.57. The fourth-order valence-electron chi connectivity index (χ4n) is 2.57. The van der Waals surface area contributed by atoms with Crippen LogP contribution in [0.15, 0.2) is 24.3 Å². The number of hydrogen-bond acceptors (Lipinski definition) is 1. The van der Waals surface area contributed by atoms with Crippen LogP contribution in [0, 0.1) is 5.92 Å². The monoisotopic (exact) mass is 287 g/mol. The summed E-state index contributed by atoms with van der Waals surface area (Å²) in [6, 6.07) is 5.67. The topological polar surface area (TPSA) is 12.0 Å². The molecule has 0 aliphatic heterocycles. The second-order valence-corrected chi connectivity index (χ2v) is 5.28. The van der Waals surface area contributed by atoms with Gasteiger partial charge in [-0.1, -0.05) is 45.4 Å². The molecular formula is C16H24F3N. The zero-order chi connectivity index (χ0) is 15.2. The van der Waals surface area contributed by atoms with Crippen molar-refractivity contribution < 1.29 is 13.2 Å². The number of halogens is 3. The lowest BCUT2D eigenvalue weighted by Crippen LogP contribution is -2.29. The summed E-state index contributed by atoms with van der Waals surface area (Å²) >= 11 is 0. The number of benzene rings is 1. The Balaban J connectivity index is 3.12. The van der Waals surface area contributed by atoms with Crippen LogP contribution in [0.4, 0.5) is 13.2 Å². The molecule has 4 heteroatoms. The molecule has 1 N–H and O–H groups in total. The first-order valence-corrected chi connectivity index (χ1v) is 7.31. The number of rotatable bonds is 7. The maximum absolute atomic E-state index is 13.2. The summed E-state index contributed by atoms with van der Waals surface area (Å²) in [5.74, 6) is 0.176. The molecule has 0 radical (unpaired) electrons. The van der Waals surface area contributed by atoms with Gasteiger partial charge in [-0.15, -0.1) is 0 Å². The van der Waals surface area contributed by atoms with Crippen LogP contribution in [0.25, 0.3) is 0 Å².